The molecule has 1 fully saturated rings. The smallest absolute Gasteiger partial charge is 0.243 e. The number of rotatable bonds is 5. The van der Waals surface area contributed by atoms with Crippen molar-refractivity contribution in [3.05, 3.63) is 64.7 Å². The maximum absolute atomic E-state index is 13.4. The second-order valence-corrected chi connectivity index (χ2v) is 9.23. The molecule has 8 heteroatoms. The first kappa shape index (κ1) is 21.4. The van der Waals surface area contributed by atoms with Crippen LogP contribution in [-0.4, -0.2) is 49.7 Å². The van der Waals surface area contributed by atoms with Crippen molar-refractivity contribution in [2.45, 2.75) is 31.6 Å². The number of piperazine rings is 1. The van der Waals surface area contributed by atoms with Crippen molar-refractivity contribution in [1.29, 1.82) is 0 Å². The fourth-order valence-electron chi connectivity index (χ4n) is 3.49. The van der Waals surface area contributed by atoms with E-state index in [1.807, 2.05) is 26.0 Å². The van der Waals surface area contributed by atoms with Gasteiger partial charge in [0.1, 0.15) is 0 Å². The molecule has 2 aromatic rings. The molecule has 1 amide bonds. The number of aryl methyl sites for hydroxylation is 3. The van der Waals surface area contributed by atoms with Crippen LogP contribution in [0.4, 0.5) is 8.78 Å². The number of benzene rings is 2. The van der Waals surface area contributed by atoms with E-state index in [4.69, 9.17) is 0 Å². The van der Waals surface area contributed by atoms with Crippen LogP contribution in [0.3, 0.4) is 0 Å². The molecule has 3 rings (SSSR count). The van der Waals surface area contributed by atoms with Crippen molar-refractivity contribution in [1.82, 2.24) is 9.21 Å². The Morgan fingerprint density at radius 1 is 0.966 bits per heavy atom. The number of sulfonamides is 1. The molecule has 0 bridgehead atoms. The lowest BCUT2D eigenvalue weighted by Gasteiger charge is -2.34. The topological polar surface area (TPSA) is 57.7 Å². The average Bonchev–Trinajstić information content (AvgIpc) is 2.69. The molecule has 0 unspecified atom stereocenters. The molecule has 2 aromatic carbocycles. The van der Waals surface area contributed by atoms with E-state index in [2.05, 4.69) is 6.07 Å². The zero-order valence-electron chi connectivity index (χ0n) is 16.5. The van der Waals surface area contributed by atoms with Gasteiger partial charge in [-0.05, 0) is 49.6 Å². The van der Waals surface area contributed by atoms with Crippen LogP contribution in [0.25, 0.3) is 0 Å². The van der Waals surface area contributed by atoms with Gasteiger partial charge in [0.15, 0.2) is 11.6 Å². The van der Waals surface area contributed by atoms with Gasteiger partial charge >= 0.3 is 0 Å². The predicted octanol–water partition coefficient (Wildman–Crippen LogP) is 3.05. The van der Waals surface area contributed by atoms with E-state index in [0.29, 0.717) is 18.9 Å². The fourth-order valence-corrected chi connectivity index (χ4v) is 4.92. The van der Waals surface area contributed by atoms with Gasteiger partial charge in [0.25, 0.3) is 0 Å². The van der Waals surface area contributed by atoms with Crippen molar-refractivity contribution in [2.24, 2.45) is 0 Å². The minimum absolute atomic E-state index is 0.0187. The molecule has 0 atom stereocenters. The number of halogens is 2. The third-order valence-electron chi connectivity index (χ3n) is 5.23. The first-order chi connectivity index (χ1) is 13.7. The van der Waals surface area contributed by atoms with Crippen molar-refractivity contribution in [3.63, 3.8) is 0 Å². The Hall–Kier alpha value is -2.32. The molecule has 0 radical (unpaired) electrons. The molecule has 0 saturated carbocycles. The normalized spacial score (nSPS) is 15.5. The minimum atomic E-state index is -3.93. The van der Waals surface area contributed by atoms with Crippen LogP contribution < -0.4 is 0 Å². The van der Waals surface area contributed by atoms with Crippen molar-refractivity contribution in [3.8, 4) is 0 Å². The van der Waals surface area contributed by atoms with Crippen LogP contribution >= 0.6 is 0 Å². The van der Waals surface area contributed by atoms with Gasteiger partial charge in [-0.3, -0.25) is 4.79 Å². The van der Waals surface area contributed by atoms with Crippen LogP contribution in [0.2, 0.25) is 0 Å². The van der Waals surface area contributed by atoms with Crippen LogP contribution in [0.1, 0.15) is 23.1 Å². The highest BCUT2D eigenvalue weighted by Gasteiger charge is 2.30. The summed E-state index contributed by atoms with van der Waals surface area (Å²) < 4.78 is 53.0. The van der Waals surface area contributed by atoms with E-state index in [-0.39, 0.29) is 37.0 Å². The molecule has 1 saturated heterocycles. The Morgan fingerprint density at radius 2 is 1.66 bits per heavy atom. The molecule has 5 nitrogen and oxygen atoms in total. The van der Waals surface area contributed by atoms with Gasteiger partial charge in [-0.25, -0.2) is 17.2 Å². The Kier molecular flexibility index (Phi) is 6.33. The summed E-state index contributed by atoms with van der Waals surface area (Å²) in [4.78, 5) is 13.9. The third-order valence-corrected chi connectivity index (χ3v) is 7.12. The van der Waals surface area contributed by atoms with E-state index >= 15 is 0 Å². The van der Waals surface area contributed by atoms with Crippen LogP contribution in [0.5, 0.6) is 0 Å². The standard InChI is InChI=1S/C21H24F2N2O3S/c1-15-3-4-17(16(2)13-15)5-8-21(26)24-9-11-25(12-10-24)29(27,28)18-6-7-19(22)20(23)14-18/h3-4,6-7,13-14H,5,8-12H2,1-2H3. The maximum Gasteiger partial charge on any atom is 0.243 e. The summed E-state index contributed by atoms with van der Waals surface area (Å²) in [7, 11) is -3.93. The van der Waals surface area contributed by atoms with Gasteiger partial charge in [-0.1, -0.05) is 23.8 Å². The summed E-state index contributed by atoms with van der Waals surface area (Å²) >= 11 is 0. The average molecular weight is 422 g/mol. The number of hydrogen-bond acceptors (Lipinski definition) is 3. The Labute approximate surface area is 170 Å². The van der Waals surface area contributed by atoms with Crippen LogP contribution in [0.15, 0.2) is 41.3 Å². The number of hydrogen-bond donors (Lipinski definition) is 0. The number of amides is 1. The highest BCUT2D eigenvalue weighted by atomic mass is 32.2. The molecule has 29 heavy (non-hydrogen) atoms. The summed E-state index contributed by atoms with van der Waals surface area (Å²) in [5.41, 5.74) is 3.46. The van der Waals surface area contributed by atoms with Crippen LogP contribution in [0, 0.1) is 25.5 Å². The first-order valence-electron chi connectivity index (χ1n) is 9.47. The van der Waals surface area contributed by atoms with Crippen molar-refractivity contribution >= 4 is 15.9 Å². The first-order valence-corrected chi connectivity index (χ1v) is 10.9. The fraction of sp³-hybridized carbons (Fsp3) is 0.381. The monoisotopic (exact) mass is 422 g/mol. The van der Waals surface area contributed by atoms with Crippen LogP contribution in [-0.2, 0) is 21.2 Å². The Morgan fingerprint density at radius 3 is 2.28 bits per heavy atom. The highest BCUT2D eigenvalue weighted by Crippen LogP contribution is 2.20. The van der Waals surface area contributed by atoms with Gasteiger partial charge in [-0.2, -0.15) is 4.31 Å². The molecule has 0 aliphatic carbocycles. The second kappa shape index (κ2) is 8.59. The minimum Gasteiger partial charge on any atom is -0.340 e. The largest absolute Gasteiger partial charge is 0.340 e. The SMILES string of the molecule is Cc1ccc(CCC(=O)N2CCN(S(=O)(=O)c3ccc(F)c(F)c3)CC2)c(C)c1. The van der Waals surface area contributed by atoms with E-state index < -0.39 is 21.7 Å². The van der Waals surface area contributed by atoms with Gasteiger partial charge in [0.05, 0.1) is 4.90 Å². The lowest BCUT2D eigenvalue weighted by atomic mass is 10.0. The Bertz CT molecular complexity index is 1020. The molecule has 0 aromatic heterocycles. The molecular weight excluding hydrogens is 398 g/mol. The maximum atomic E-state index is 13.4. The molecule has 156 valence electrons. The second-order valence-electron chi connectivity index (χ2n) is 7.29. The number of carbonyl (C=O) groups excluding carboxylic acids is 1. The summed E-state index contributed by atoms with van der Waals surface area (Å²) in [6.45, 7) is 4.83. The lowest BCUT2D eigenvalue weighted by molar-refractivity contribution is -0.132. The summed E-state index contributed by atoms with van der Waals surface area (Å²) in [6.07, 6.45) is 0.998. The van der Waals surface area contributed by atoms with Gasteiger partial charge in [-0.15, -0.1) is 0 Å². The molecule has 1 heterocycles. The molecule has 1 aliphatic rings. The van der Waals surface area contributed by atoms with Crippen molar-refractivity contribution in [2.75, 3.05) is 26.2 Å². The summed E-state index contributed by atoms with van der Waals surface area (Å²) in [6, 6.07) is 8.68. The zero-order valence-corrected chi connectivity index (χ0v) is 17.3. The van der Waals surface area contributed by atoms with E-state index in [0.717, 1.165) is 23.3 Å². The summed E-state index contributed by atoms with van der Waals surface area (Å²) in [5.74, 6) is -2.32. The molecule has 1 aliphatic heterocycles. The zero-order chi connectivity index (χ0) is 21.2. The summed E-state index contributed by atoms with van der Waals surface area (Å²) in [5, 5.41) is 0. The third kappa shape index (κ3) is 4.82. The highest BCUT2D eigenvalue weighted by molar-refractivity contribution is 7.89. The van der Waals surface area contributed by atoms with Gasteiger partial charge in [0, 0.05) is 32.6 Å². The Balaban J connectivity index is 1.58. The number of carbonyl (C=O) groups is 1. The predicted molar refractivity (Wildman–Crippen MR) is 106 cm³/mol. The van der Waals surface area contributed by atoms with Gasteiger partial charge in [0.2, 0.25) is 15.9 Å². The van der Waals surface area contributed by atoms with Crippen molar-refractivity contribution < 1.29 is 22.0 Å². The van der Waals surface area contributed by atoms with Gasteiger partial charge < -0.3 is 4.90 Å². The lowest BCUT2D eigenvalue weighted by Crippen LogP contribution is -2.50. The number of nitrogens with zero attached hydrogens (tertiary/aromatic N) is 2. The molecule has 0 N–H and O–H groups in total. The molecular formula is C21H24F2N2O3S. The van der Waals surface area contributed by atoms with E-state index in [1.165, 1.54) is 9.87 Å². The molecule has 0 spiro atoms. The van der Waals surface area contributed by atoms with E-state index in [9.17, 15) is 22.0 Å². The quantitative estimate of drug-likeness (QED) is 0.744. The van der Waals surface area contributed by atoms with E-state index in [1.54, 1.807) is 4.90 Å².